The van der Waals surface area contributed by atoms with Crippen molar-refractivity contribution in [3.8, 4) is 0 Å². The number of nitrogens with zero attached hydrogens (tertiary/aromatic N) is 1. The zero-order chi connectivity index (χ0) is 15.6. The molecule has 1 aromatic carbocycles. The fraction of sp³-hybridized carbons (Fsp3) is 0.231. The van der Waals surface area contributed by atoms with Crippen LogP contribution in [0.1, 0.15) is 4.88 Å². The summed E-state index contributed by atoms with van der Waals surface area (Å²) in [5.74, 6) is 0. The highest BCUT2D eigenvalue weighted by Gasteiger charge is 2.28. The first-order valence-electron chi connectivity index (χ1n) is 6.12. The molecule has 0 aliphatic carbocycles. The third kappa shape index (κ3) is 3.23. The molecule has 0 saturated carbocycles. The van der Waals surface area contributed by atoms with Crippen LogP contribution in [0, 0.1) is 6.92 Å². The van der Waals surface area contributed by atoms with Crippen LogP contribution in [0.3, 0.4) is 0 Å². The Hall–Kier alpha value is -1.09. The Balaban J connectivity index is 2.57. The van der Waals surface area contributed by atoms with E-state index in [9.17, 15) is 13.5 Å². The summed E-state index contributed by atoms with van der Waals surface area (Å²) in [7, 11) is -3.77. The number of sulfonamides is 1. The zero-order valence-corrected chi connectivity index (χ0v) is 14.5. The number of aliphatic hydroxyl groups excluding tert-OH is 1. The number of aliphatic hydroxyl groups is 1. The van der Waals surface area contributed by atoms with Crippen LogP contribution in [0.15, 0.2) is 39.0 Å². The van der Waals surface area contributed by atoms with Gasteiger partial charge in [-0.25, -0.2) is 8.42 Å². The Morgan fingerprint density at radius 1 is 1.38 bits per heavy atom. The van der Waals surface area contributed by atoms with E-state index < -0.39 is 10.0 Å². The van der Waals surface area contributed by atoms with E-state index in [1.165, 1.54) is 11.3 Å². The molecular weight excluding hydrogens is 376 g/mol. The first-order chi connectivity index (χ1) is 9.87. The van der Waals surface area contributed by atoms with Gasteiger partial charge in [-0.2, -0.15) is 0 Å². The molecule has 0 radical (unpaired) electrons. The Bertz CT molecular complexity index is 744. The van der Waals surface area contributed by atoms with Crippen LogP contribution in [0.2, 0.25) is 0 Å². The van der Waals surface area contributed by atoms with E-state index in [-0.39, 0.29) is 18.0 Å². The average Bonchev–Trinajstić information content (AvgIpc) is 2.77. The third-order valence-corrected chi connectivity index (χ3v) is 6.54. The summed E-state index contributed by atoms with van der Waals surface area (Å²) in [4.78, 5) is 0.899. The molecule has 5 nitrogen and oxygen atoms in total. The molecule has 3 N–H and O–H groups in total. The minimum atomic E-state index is -3.77. The van der Waals surface area contributed by atoms with E-state index in [1.54, 1.807) is 37.3 Å². The van der Waals surface area contributed by atoms with Crippen LogP contribution < -0.4 is 10.0 Å². The molecule has 0 aliphatic rings. The van der Waals surface area contributed by atoms with Gasteiger partial charge in [0, 0.05) is 4.88 Å². The number of nitrogen functional groups attached to an aromatic ring is 1. The van der Waals surface area contributed by atoms with Gasteiger partial charge in [0.25, 0.3) is 10.0 Å². The second-order valence-corrected chi connectivity index (χ2v) is 8.80. The van der Waals surface area contributed by atoms with Crippen molar-refractivity contribution in [1.29, 1.82) is 0 Å². The van der Waals surface area contributed by atoms with Gasteiger partial charge in [-0.15, -0.1) is 11.3 Å². The quantitative estimate of drug-likeness (QED) is 0.768. The number of benzene rings is 1. The van der Waals surface area contributed by atoms with Crippen LogP contribution in [-0.4, -0.2) is 26.7 Å². The number of nitrogens with two attached hydrogens (primary N) is 1. The van der Waals surface area contributed by atoms with Gasteiger partial charge < -0.3 is 10.8 Å². The maximum atomic E-state index is 12.9. The van der Waals surface area contributed by atoms with E-state index in [0.29, 0.717) is 16.3 Å². The molecular formula is C13H15BrN2O3S2. The van der Waals surface area contributed by atoms with E-state index in [1.807, 2.05) is 0 Å². The van der Waals surface area contributed by atoms with Gasteiger partial charge in [0.2, 0.25) is 0 Å². The monoisotopic (exact) mass is 390 g/mol. The lowest BCUT2D eigenvalue weighted by atomic mass is 10.3. The molecule has 2 rings (SSSR count). The minimum absolute atomic E-state index is 0.0521. The molecule has 0 aliphatic heterocycles. The summed E-state index contributed by atoms with van der Waals surface area (Å²) >= 11 is 4.64. The summed E-state index contributed by atoms with van der Waals surface area (Å²) in [6.45, 7) is 1.40. The highest BCUT2D eigenvalue weighted by atomic mass is 79.9. The number of halogens is 1. The van der Waals surface area contributed by atoms with Crippen molar-refractivity contribution < 1.29 is 13.5 Å². The summed E-state index contributed by atoms with van der Waals surface area (Å²) in [6, 6.07) is 8.26. The normalized spacial score (nSPS) is 11.6. The number of hydrogen-bond acceptors (Lipinski definition) is 5. The lowest BCUT2D eigenvalue weighted by molar-refractivity contribution is 0.306. The molecule has 0 unspecified atom stereocenters. The molecule has 114 valence electrons. The zero-order valence-electron chi connectivity index (χ0n) is 11.3. The number of anilines is 2. The van der Waals surface area contributed by atoms with Gasteiger partial charge in [0.15, 0.2) is 0 Å². The minimum Gasteiger partial charge on any atom is -0.397 e. The van der Waals surface area contributed by atoms with Gasteiger partial charge in [0.1, 0.15) is 4.90 Å². The second-order valence-electron chi connectivity index (χ2n) is 4.33. The van der Waals surface area contributed by atoms with Crippen molar-refractivity contribution in [2.45, 2.75) is 11.8 Å². The number of hydrogen-bond donors (Lipinski definition) is 2. The molecule has 8 heteroatoms. The highest BCUT2D eigenvalue weighted by Crippen LogP contribution is 2.34. The number of aryl methyl sites for hydroxylation is 1. The Kier molecular flexibility index (Phi) is 4.92. The summed E-state index contributed by atoms with van der Waals surface area (Å²) in [6.07, 6.45) is 0. The molecule has 1 heterocycles. The van der Waals surface area contributed by atoms with Gasteiger partial charge in [-0.1, -0.05) is 12.1 Å². The van der Waals surface area contributed by atoms with E-state index in [2.05, 4.69) is 15.9 Å². The molecule has 0 saturated heterocycles. The van der Waals surface area contributed by atoms with Crippen LogP contribution in [-0.2, 0) is 10.0 Å². The average molecular weight is 391 g/mol. The SMILES string of the molecule is Cc1sc(Br)cc1S(=O)(=O)N(CCO)c1ccccc1N. The summed E-state index contributed by atoms with van der Waals surface area (Å²) in [5.41, 5.74) is 6.59. The van der Waals surface area contributed by atoms with Crippen molar-refractivity contribution in [2.24, 2.45) is 0 Å². The molecule has 0 spiro atoms. The largest absolute Gasteiger partial charge is 0.397 e. The van der Waals surface area contributed by atoms with Gasteiger partial charge in [0.05, 0.1) is 28.3 Å². The Morgan fingerprint density at radius 3 is 2.57 bits per heavy atom. The first-order valence-corrected chi connectivity index (χ1v) is 9.17. The summed E-state index contributed by atoms with van der Waals surface area (Å²) < 4.78 is 27.6. The van der Waals surface area contributed by atoms with Crippen LogP contribution in [0.4, 0.5) is 11.4 Å². The molecule has 21 heavy (non-hydrogen) atoms. The van der Waals surface area contributed by atoms with Crippen LogP contribution in [0.25, 0.3) is 0 Å². The number of para-hydroxylation sites is 2. The molecule has 2 aromatic rings. The van der Waals surface area contributed by atoms with E-state index in [4.69, 9.17) is 5.73 Å². The van der Waals surface area contributed by atoms with Gasteiger partial charge in [-0.05, 0) is 41.1 Å². The van der Waals surface area contributed by atoms with Crippen molar-refractivity contribution in [3.63, 3.8) is 0 Å². The van der Waals surface area contributed by atoms with E-state index >= 15 is 0 Å². The molecule has 0 atom stereocenters. The van der Waals surface area contributed by atoms with Crippen LogP contribution in [0.5, 0.6) is 0 Å². The van der Waals surface area contributed by atoms with Crippen molar-refractivity contribution in [1.82, 2.24) is 0 Å². The van der Waals surface area contributed by atoms with E-state index in [0.717, 1.165) is 8.09 Å². The predicted octanol–water partition coefficient (Wildman–Crippen LogP) is 2.59. The predicted molar refractivity (Wildman–Crippen MR) is 89.2 cm³/mol. The maximum Gasteiger partial charge on any atom is 0.265 e. The fourth-order valence-electron chi connectivity index (χ4n) is 1.98. The van der Waals surface area contributed by atoms with Gasteiger partial charge >= 0.3 is 0 Å². The maximum absolute atomic E-state index is 12.9. The topological polar surface area (TPSA) is 83.6 Å². The smallest absolute Gasteiger partial charge is 0.265 e. The number of rotatable bonds is 5. The molecule has 1 aromatic heterocycles. The van der Waals surface area contributed by atoms with Crippen LogP contribution >= 0.6 is 27.3 Å². The second kappa shape index (κ2) is 6.35. The Morgan fingerprint density at radius 2 is 2.05 bits per heavy atom. The Labute approximate surface area is 136 Å². The van der Waals surface area contributed by atoms with Gasteiger partial charge in [-0.3, -0.25) is 4.31 Å². The molecule has 0 fully saturated rings. The first kappa shape index (κ1) is 16.3. The lowest BCUT2D eigenvalue weighted by Crippen LogP contribution is -2.34. The fourth-order valence-corrected chi connectivity index (χ4v) is 5.85. The highest BCUT2D eigenvalue weighted by molar-refractivity contribution is 9.11. The van der Waals surface area contributed by atoms with Crippen molar-refractivity contribution in [3.05, 3.63) is 39.0 Å². The summed E-state index contributed by atoms with van der Waals surface area (Å²) in [5, 5.41) is 9.22. The van der Waals surface area contributed by atoms with Crippen molar-refractivity contribution in [2.75, 3.05) is 23.2 Å². The molecule has 0 amide bonds. The third-order valence-electron chi connectivity index (χ3n) is 2.92. The van der Waals surface area contributed by atoms with Crippen molar-refractivity contribution >= 4 is 48.7 Å². The number of thiophene rings is 1. The molecule has 0 bridgehead atoms. The lowest BCUT2D eigenvalue weighted by Gasteiger charge is -2.24. The standard InChI is InChI=1S/C13H15BrN2O3S2/c1-9-12(8-13(14)20-9)21(18,19)16(6-7-17)11-5-3-2-4-10(11)15/h2-5,8,17H,6-7,15H2,1H3.